The van der Waals surface area contributed by atoms with Crippen molar-refractivity contribution in [1.29, 1.82) is 0 Å². The monoisotopic (exact) mass is 207 g/mol. The zero-order valence-corrected chi connectivity index (χ0v) is 8.94. The van der Waals surface area contributed by atoms with Gasteiger partial charge in [-0.25, -0.2) is 0 Å². The molecule has 0 bridgehead atoms. The minimum absolute atomic E-state index is 0.202. The molecule has 1 aromatic carbocycles. The molecule has 2 rings (SSSR count). The zero-order valence-electron chi connectivity index (χ0n) is 8.94. The molecule has 0 saturated carbocycles. The van der Waals surface area contributed by atoms with Crippen LogP contribution in [0, 0.1) is 0 Å². The summed E-state index contributed by atoms with van der Waals surface area (Å²) < 4.78 is 5.10. The van der Waals surface area contributed by atoms with Gasteiger partial charge in [-0.05, 0) is 37.1 Å². The minimum atomic E-state index is -0.202. The van der Waals surface area contributed by atoms with Crippen molar-refractivity contribution in [3.8, 4) is 5.75 Å². The van der Waals surface area contributed by atoms with Gasteiger partial charge in [-0.3, -0.25) is 0 Å². The van der Waals surface area contributed by atoms with Gasteiger partial charge in [0, 0.05) is 6.04 Å². The first-order valence-electron chi connectivity index (χ1n) is 5.34. The van der Waals surface area contributed by atoms with Crippen molar-refractivity contribution in [2.75, 3.05) is 13.7 Å². The molecule has 2 N–H and O–H groups in total. The molecule has 1 saturated heterocycles. The Kier molecular flexibility index (Phi) is 3.23. The molecule has 2 atom stereocenters. The number of hydrogen-bond acceptors (Lipinski definition) is 3. The summed E-state index contributed by atoms with van der Waals surface area (Å²) in [7, 11) is 1.66. The van der Waals surface area contributed by atoms with E-state index < -0.39 is 0 Å². The van der Waals surface area contributed by atoms with E-state index in [-0.39, 0.29) is 12.1 Å². The van der Waals surface area contributed by atoms with Gasteiger partial charge in [-0.1, -0.05) is 12.1 Å². The smallest absolute Gasteiger partial charge is 0.118 e. The fraction of sp³-hybridized carbons (Fsp3) is 0.500. The maximum atomic E-state index is 9.66. The number of aliphatic hydroxyl groups is 1. The highest BCUT2D eigenvalue weighted by Crippen LogP contribution is 2.16. The summed E-state index contributed by atoms with van der Waals surface area (Å²) in [4.78, 5) is 0. The van der Waals surface area contributed by atoms with E-state index >= 15 is 0 Å². The van der Waals surface area contributed by atoms with Gasteiger partial charge in [0.2, 0.25) is 0 Å². The topological polar surface area (TPSA) is 41.5 Å². The third-order valence-corrected chi connectivity index (χ3v) is 2.93. The summed E-state index contributed by atoms with van der Waals surface area (Å²) in [5.74, 6) is 0.874. The van der Waals surface area contributed by atoms with Crippen LogP contribution in [0.4, 0.5) is 0 Å². The van der Waals surface area contributed by atoms with Crippen molar-refractivity contribution < 1.29 is 9.84 Å². The second-order valence-corrected chi connectivity index (χ2v) is 3.97. The third kappa shape index (κ3) is 2.49. The molecule has 1 aliphatic rings. The molecule has 82 valence electrons. The van der Waals surface area contributed by atoms with E-state index in [9.17, 15) is 5.11 Å². The van der Waals surface area contributed by atoms with Crippen LogP contribution in [0.5, 0.6) is 5.75 Å². The number of rotatable bonds is 3. The number of ether oxygens (including phenoxy) is 1. The summed E-state index contributed by atoms with van der Waals surface area (Å²) in [6.45, 7) is 0.919. The highest BCUT2D eigenvalue weighted by atomic mass is 16.5. The Morgan fingerprint density at radius 2 is 2.13 bits per heavy atom. The molecular weight excluding hydrogens is 190 g/mol. The lowest BCUT2D eigenvalue weighted by Crippen LogP contribution is -2.32. The average molecular weight is 207 g/mol. The van der Waals surface area contributed by atoms with E-state index in [0.29, 0.717) is 0 Å². The van der Waals surface area contributed by atoms with Crippen LogP contribution in [0.3, 0.4) is 0 Å². The van der Waals surface area contributed by atoms with Crippen LogP contribution in [-0.4, -0.2) is 30.9 Å². The van der Waals surface area contributed by atoms with Crippen molar-refractivity contribution in [3.05, 3.63) is 29.8 Å². The van der Waals surface area contributed by atoms with Gasteiger partial charge >= 0.3 is 0 Å². The standard InChI is InChI=1S/C12H17NO2/c1-15-10-4-2-9(3-5-10)8-11-12(14)6-7-13-11/h2-5,11-14H,6-8H2,1H3/t11-,12+/m1/s1. The maximum Gasteiger partial charge on any atom is 0.118 e. The maximum absolute atomic E-state index is 9.66. The summed E-state index contributed by atoms with van der Waals surface area (Å²) in [5.41, 5.74) is 1.23. The van der Waals surface area contributed by atoms with Gasteiger partial charge in [0.25, 0.3) is 0 Å². The van der Waals surface area contributed by atoms with Crippen LogP contribution in [0.1, 0.15) is 12.0 Å². The van der Waals surface area contributed by atoms with Crippen molar-refractivity contribution in [2.24, 2.45) is 0 Å². The Morgan fingerprint density at radius 3 is 2.67 bits per heavy atom. The van der Waals surface area contributed by atoms with Crippen molar-refractivity contribution in [1.82, 2.24) is 5.32 Å². The molecule has 1 heterocycles. The lowest BCUT2D eigenvalue weighted by Gasteiger charge is -2.14. The highest BCUT2D eigenvalue weighted by Gasteiger charge is 2.24. The van der Waals surface area contributed by atoms with Crippen LogP contribution >= 0.6 is 0 Å². The predicted molar refractivity (Wildman–Crippen MR) is 59.1 cm³/mol. The molecule has 0 amide bonds. The first-order valence-corrected chi connectivity index (χ1v) is 5.34. The van der Waals surface area contributed by atoms with E-state index in [1.165, 1.54) is 5.56 Å². The molecule has 15 heavy (non-hydrogen) atoms. The number of hydrogen-bond donors (Lipinski definition) is 2. The molecule has 0 aliphatic carbocycles. The van der Waals surface area contributed by atoms with Gasteiger partial charge in [0.15, 0.2) is 0 Å². The first-order chi connectivity index (χ1) is 7.29. The minimum Gasteiger partial charge on any atom is -0.497 e. The van der Waals surface area contributed by atoms with E-state index in [0.717, 1.165) is 25.1 Å². The van der Waals surface area contributed by atoms with Crippen LogP contribution < -0.4 is 10.1 Å². The molecule has 1 fully saturated rings. The van der Waals surface area contributed by atoms with Crippen molar-refractivity contribution >= 4 is 0 Å². The second kappa shape index (κ2) is 4.64. The summed E-state index contributed by atoms with van der Waals surface area (Å²) >= 11 is 0. The lowest BCUT2D eigenvalue weighted by molar-refractivity contribution is 0.159. The fourth-order valence-corrected chi connectivity index (χ4v) is 1.98. The van der Waals surface area contributed by atoms with Gasteiger partial charge in [0.05, 0.1) is 13.2 Å². The molecule has 1 aliphatic heterocycles. The summed E-state index contributed by atoms with van der Waals surface area (Å²) in [6.07, 6.45) is 1.54. The van der Waals surface area contributed by atoms with E-state index in [1.807, 2.05) is 24.3 Å². The Balaban J connectivity index is 1.98. The van der Waals surface area contributed by atoms with Crippen molar-refractivity contribution in [3.63, 3.8) is 0 Å². The Labute approximate surface area is 90.1 Å². The quantitative estimate of drug-likeness (QED) is 0.775. The fourth-order valence-electron chi connectivity index (χ4n) is 1.98. The van der Waals surface area contributed by atoms with Crippen LogP contribution in [0.15, 0.2) is 24.3 Å². The normalized spacial score (nSPS) is 25.5. The van der Waals surface area contributed by atoms with Crippen LogP contribution in [0.25, 0.3) is 0 Å². The number of benzene rings is 1. The Bertz CT molecular complexity index is 310. The average Bonchev–Trinajstić information content (AvgIpc) is 2.66. The molecule has 0 radical (unpaired) electrons. The molecule has 1 aromatic rings. The van der Waals surface area contributed by atoms with E-state index in [1.54, 1.807) is 7.11 Å². The SMILES string of the molecule is COc1ccc(C[C@H]2NCC[C@@H]2O)cc1. The molecule has 0 spiro atoms. The van der Waals surface area contributed by atoms with E-state index in [4.69, 9.17) is 4.74 Å². The van der Waals surface area contributed by atoms with Gasteiger partial charge in [0.1, 0.15) is 5.75 Å². The molecule has 3 heteroatoms. The van der Waals surface area contributed by atoms with Crippen LogP contribution in [-0.2, 0) is 6.42 Å². The summed E-state index contributed by atoms with van der Waals surface area (Å²) in [5, 5.41) is 13.0. The third-order valence-electron chi connectivity index (χ3n) is 2.93. The second-order valence-electron chi connectivity index (χ2n) is 3.97. The number of aliphatic hydroxyl groups excluding tert-OH is 1. The Hall–Kier alpha value is -1.06. The van der Waals surface area contributed by atoms with Crippen LogP contribution in [0.2, 0.25) is 0 Å². The first kappa shape index (κ1) is 10.5. The zero-order chi connectivity index (χ0) is 10.7. The molecule has 0 unspecified atom stereocenters. The molecule has 0 aromatic heterocycles. The highest BCUT2D eigenvalue weighted by molar-refractivity contribution is 5.27. The van der Waals surface area contributed by atoms with Crippen molar-refractivity contribution in [2.45, 2.75) is 25.0 Å². The van der Waals surface area contributed by atoms with Gasteiger partial charge in [-0.15, -0.1) is 0 Å². The largest absolute Gasteiger partial charge is 0.497 e. The lowest BCUT2D eigenvalue weighted by atomic mass is 10.0. The Morgan fingerprint density at radius 1 is 1.40 bits per heavy atom. The number of methoxy groups -OCH3 is 1. The molecule has 3 nitrogen and oxygen atoms in total. The molecular formula is C12H17NO2. The number of nitrogens with one attached hydrogen (secondary N) is 1. The van der Waals surface area contributed by atoms with E-state index in [2.05, 4.69) is 5.32 Å². The predicted octanol–water partition coefficient (Wildman–Crippen LogP) is 0.960. The van der Waals surface area contributed by atoms with Gasteiger partial charge in [-0.2, -0.15) is 0 Å². The van der Waals surface area contributed by atoms with Gasteiger partial charge < -0.3 is 15.2 Å². The summed E-state index contributed by atoms with van der Waals surface area (Å²) in [6, 6.07) is 8.21.